The van der Waals surface area contributed by atoms with E-state index in [9.17, 15) is 69.6 Å². The number of nitrogens with zero attached hydrogens (tertiary/aromatic N) is 3. The topological polar surface area (TPSA) is 376 Å². The first-order valence-electron chi connectivity index (χ1n) is 30.7. The van der Waals surface area contributed by atoms with Crippen molar-refractivity contribution in [3.8, 4) is 34.5 Å². The zero-order valence-electron chi connectivity index (χ0n) is 51.9. The minimum Gasteiger partial charge on any atom is -0.507 e. The van der Waals surface area contributed by atoms with E-state index < -0.39 is 180 Å². The number of ketones is 6. The minimum atomic E-state index is -2.23. The molecule has 0 bridgehead atoms. The molecular weight excluding hydrogens is 1220 g/mol. The molecule has 6 fully saturated rings. The highest BCUT2D eigenvalue weighted by Crippen LogP contribution is 2.56. The van der Waals surface area contributed by atoms with Crippen molar-refractivity contribution in [1.29, 1.82) is 0 Å². The van der Waals surface area contributed by atoms with Crippen LogP contribution in [0.2, 0.25) is 0 Å². The van der Waals surface area contributed by atoms with Crippen molar-refractivity contribution in [3.63, 3.8) is 0 Å². The molecule has 498 valence electrons. The van der Waals surface area contributed by atoms with E-state index >= 15 is 0 Å². The minimum absolute atomic E-state index is 0.0299. The van der Waals surface area contributed by atoms with Crippen molar-refractivity contribution >= 4 is 34.7 Å². The summed E-state index contributed by atoms with van der Waals surface area (Å²) in [4.78, 5) is 87.4. The molecule has 6 saturated heterocycles. The number of methoxy groups -OCH3 is 4. The number of carbonyl (C=O) groups excluding carboxylic acids is 6. The summed E-state index contributed by atoms with van der Waals surface area (Å²) in [5.74, 6) is -7.17. The van der Waals surface area contributed by atoms with Gasteiger partial charge in [0.1, 0.15) is 77.3 Å². The van der Waals surface area contributed by atoms with Gasteiger partial charge in [0.25, 0.3) is 0 Å². The Morgan fingerprint density at radius 2 is 1.01 bits per heavy atom. The van der Waals surface area contributed by atoms with Crippen molar-refractivity contribution in [2.24, 2.45) is 0 Å². The Hall–Kier alpha value is -6.94. The molecule has 4 aliphatic carbocycles. The van der Waals surface area contributed by atoms with Crippen LogP contribution in [-0.4, -0.2) is 250 Å². The van der Waals surface area contributed by atoms with Crippen LogP contribution < -0.4 is 9.47 Å². The lowest BCUT2D eigenvalue weighted by atomic mass is 9.72. The number of likely N-dealkylation sites (N-methyl/N-ethyl adjacent to an activating group) is 1. The number of phenols is 4. The highest BCUT2D eigenvalue weighted by molar-refractivity contribution is 6.32. The number of benzene rings is 4. The van der Waals surface area contributed by atoms with Crippen molar-refractivity contribution < 1.29 is 122 Å². The maximum absolute atomic E-state index is 13.9. The lowest BCUT2D eigenvalue weighted by Gasteiger charge is -2.44. The van der Waals surface area contributed by atoms with E-state index in [1.165, 1.54) is 57.7 Å². The van der Waals surface area contributed by atoms with Gasteiger partial charge in [-0.25, -0.2) is 0 Å². The number of aromatic hydroxyl groups is 4. The molecule has 0 saturated carbocycles. The number of aliphatic hydroxyl groups excluding tert-OH is 2. The van der Waals surface area contributed by atoms with Crippen molar-refractivity contribution in [3.05, 3.63) is 103 Å². The second-order valence-electron chi connectivity index (χ2n) is 25.2. The van der Waals surface area contributed by atoms with Crippen LogP contribution in [-0.2, 0) is 65.1 Å². The number of Topliss-reactive ketones (excluding diaryl/α,β-unsaturated/α-hetero) is 2. The number of piperazine rings is 1. The average molecular weight is 1300 g/mol. The lowest BCUT2D eigenvalue weighted by molar-refractivity contribution is -0.256. The molecule has 0 radical (unpaired) electrons. The smallest absolute Gasteiger partial charge is 0.202 e. The van der Waals surface area contributed by atoms with Crippen LogP contribution in [0.4, 0.5) is 0 Å². The van der Waals surface area contributed by atoms with Crippen LogP contribution in [0.3, 0.4) is 0 Å². The largest absolute Gasteiger partial charge is 0.507 e. The fraction of sp³-hybridized carbons (Fsp3) is 0.538. The normalized spacial score (nSPS) is 33.5. The Balaban J connectivity index is 0.000000169. The maximum Gasteiger partial charge on any atom is 0.202 e. The number of aliphatic hydroxyl groups is 4. The molecule has 0 aromatic heterocycles. The quantitative estimate of drug-likeness (QED) is 0.0801. The van der Waals surface area contributed by atoms with E-state index in [4.69, 9.17) is 52.1 Å². The van der Waals surface area contributed by atoms with E-state index in [2.05, 4.69) is 14.7 Å². The Labute approximate surface area is 531 Å². The Bertz CT molecular complexity index is 3770. The molecule has 6 aliphatic heterocycles. The van der Waals surface area contributed by atoms with E-state index in [-0.39, 0.29) is 92.8 Å². The highest BCUT2D eigenvalue weighted by Gasteiger charge is 2.58. The van der Waals surface area contributed by atoms with Crippen LogP contribution in [0.1, 0.15) is 138 Å². The second-order valence-corrected chi connectivity index (χ2v) is 25.2. The fourth-order valence-electron chi connectivity index (χ4n) is 15.8. The molecule has 10 aliphatic rings. The Morgan fingerprint density at radius 3 is 1.44 bits per heavy atom. The Morgan fingerprint density at radius 1 is 0.570 bits per heavy atom. The first kappa shape index (κ1) is 64.8. The third-order valence-electron chi connectivity index (χ3n) is 20.2. The predicted molar refractivity (Wildman–Crippen MR) is 314 cm³/mol. The van der Waals surface area contributed by atoms with Crippen LogP contribution in [0.25, 0.3) is 0 Å². The van der Waals surface area contributed by atoms with E-state index in [0.29, 0.717) is 32.5 Å². The number of rotatable bonds is 12. The zero-order valence-corrected chi connectivity index (χ0v) is 51.9. The van der Waals surface area contributed by atoms with Gasteiger partial charge in [0.05, 0.1) is 78.6 Å². The lowest BCUT2D eigenvalue weighted by Crippen LogP contribution is -2.59. The van der Waals surface area contributed by atoms with Crippen LogP contribution >= 0.6 is 0 Å². The van der Waals surface area contributed by atoms with Gasteiger partial charge in [0, 0.05) is 118 Å². The van der Waals surface area contributed by atoms with Gasteiger partial charge in [0.2, 0.25) is 11.6 Å². The second kappa shape index (κ2) is 24.4. The van der Waals surface area contributed by atoms with Crippen LogP contribution in [0.5, 0.6) is 34.5 Å². The number of carbonyl (C=O) groups is 6. The summed E-state index contributed by atoms with van der Waals surface area (Å²) in [6.45, 7) is 4.13. The molecule has 4 aromatic carbocycles. The summed E-state index contributed by atoms with van der Waals surface area (Å²) in [5, 5.41) is 89.2. The summed E-state index contributed by atoms with van der Waals surface area (Å²) < 4.78 is 65.5. The van der Waals surface area contributed by atoms with E-state index in [0.717, 1.165) is 6.54 Å². The molecule has 14 rings (SSSR count). The van der Waals surface area contributed by atoms with Gasteiger partial charge in [-0.2, -0.15) is 0 Å². The zero-order chi connectivity index (χ0) is 66.2. The Kier molecular flexibility index (Phi) is 17.0. The molecule has 0 spiro atoms. The molecular formula is C65H73N3O25. The van der Waals surface area contributed by atoms with E-state index in [1.807, 2.05) is 20.9 Å². The fourth-order valence-corrected chi connectivity index (χ4v) is 15.8. The average Bonchev–Trinajstić information content (AvgIpc) is 1.50. The van der Waals surface area contributed by atoms with Gasteiger partial charge in [-0.3, -0.25) is 43.5 Å². The number of fused-ring (bicyclic) bond motifs is 12. The summed E-state index contributed by atoms with van der Waals surface area (Å²) in [5.41, 5.74) is -6.80. The van der Waals surface area contributed by atoms with Gasteiger partial charge in [0.15, 0.2) is 54.5 Å². The monoisotopic (exact) mass is 1300 g/mol. The molecule has 6 heterocycles. The molecule has 8 N–H and O–H groups in total. The summed E-state index contributed by atoms with van der Waals surface area (Å²) in [6, 6.07) is 8.58. The summed E-state index contributed by atoms with van der Waals surface area (Å²) >= 11 is 0. The number of ether oxygens (including phenoxy) is 11. The molecule has 28 heteroatoms. The number of phenolic OH excluding ortho intramolecular Hbond substituents is 4. The third-order valence-corrected chi connectivity index (χ3v) is 20.2. The van der Waals surface area contributed by atoms with Crippen molar-refractivity contribution in [1.82, 2.24) is 14.7 Å². The number of hydrogen-bond donors (Lipinski definition) is 8. The van der Waals surface area contributed by atoms with Gasteiger partial charge in [-0.1, -0.05) is 24.3 Å². The molecule has 16 atom stereocenters. The van der Waals surface area contributed by atoms with Gasteiger partial charge < -0.3 is 93.0 Å². The van der Waals surface area contributed by atoms with Crippen molar-refractivity contribution in [2.45, 2.75) is 150 Å². The maximum atomic E-state index is 13.9. The van der Waals surface area contributed by atoms with E-state index in [1.54, 1.807) is 7.11 Å². The SMILES string of the molecule is COc1cccc2c1C(=O)c1c(O)c3c(c(O)c1C2=O)C[C@@](O)(C(=O)CO)C[C@@H]3O[C@H]1C[C@H]2[C@H](O[C@@H]3[C@@H](OC)N(C)CCN32)[C@H](C)O1.COc1cccc2c1C(=O)c1c(O)c3c(c(O)c1C2=O)C[C@@](O)(C(=O)CO)C[C@@H]3O[C@H]1C[C@H]2[C@H](O[C@@H]3[C@@H](OC)OCCN32)[C@H](C)O1. The molecule has 0 unspecified atom stereocenters. The molecule has 4 aromatic rings. The first-order valence-corrected chi connectivity index (χ1v) is 30.7. The van der Waals surface area contributed by atoms with Gasteiger partial charge in [-0.05, 0) is 33.0 Å². The van der Waals surface area contributed by atoms with Crippen LogP contribution in [0, 0.1) is 0 Å². The number of morpholine rings is 1. The standard InChI is InChI=1S/C33H38N2O12.C32H35NO13/c1-14-30-17(35-9-8-34(2)31(44-4)32(35)47-30)10-21(45-14)46-19-12-33(42,20(37)13-36)11-16-23(19)29(41)25-24(27(16)39)26(38)15-6-5-7-18(43-3)22(15)28(25)40;1-13-29-16(33-7-8-43-31(42-3)30(33)46-29)9-20(44-13)45-18-11-32(40,19(35)12-34)10-15-22(18)28(39)24-23(26(15)37)25(36)14-5-4-6-17(41-2)21(14)27(24)38/h5-7,14,17,19,21,30-32,36,39,41-42H,8-13H2,1-4H3;4-6,13,16,18,20,29-31,34,37,39-40H,7-12H2,1-3H3/t14-,17-,19-,21-,30+,31+,32+,33-;13-,16-,18-,20-,29+,30+,31-,32-/m00/s1. The van der Waals surface area contributed by atoms with Gasteiger partial charge >= 0.3 is 0 Å². The highest BCUT2D eigenvalue weighted by atomic mass is 16.7. The predicted octanol–water partition coefficient (Wildman–Crippen LogP) is 1.34. The molecule has 93 heavy (non-hydrogen) atoms. The molecule has 0 amide bonds. The van der Waals surface area contributed by atoms with Gasteiger partial charge in [-0.15, -0.1) is 0 Å². The first-order chi connectivity index (χ1) is 44.5. The summed E-state index contributed by atoms with van der Waals surface area (Å²) in [6.07, 6.45) is -9.00. The third kappa shape index (κ3) is 10.2. The molecule has 28 nitrogen and oxygen atoms in total. The van der Waals surface area contributed by atoms with Crippen LogP contribution in [0.15, 0.2) is 36.4 Å². The van der Waals surface area contributed by atoms with Crippen molar-refractivity contribution in [2.75, 3.05) is 74.9 Å². The summed E-state index contributed by atoms with van der Waals surface area (Å²) in [7, 11) is 7.82. The number of hydrogen-bond acceptors (Lipinski definition) is 28.